The second kappa shape index (κ2) is 7.76. The zero-order chi connectivity index (χ0) is 19.6. The van der Waals surface area contributed by atoms with Crippen molar-refractivity contribution in [1.29, 1.82) is 0 Å². The topological polar surface area (TPSA) is 72.6 Å². The molecule has 1 heterocycles. The molecule has 1 aromatic carbocycles. The second-order valence-electron chi connectivity index (χ2n) is 7.82. The van der Waals surface area contributed by atoms with E-state index in [1.807, 2.05) is 51.1 Å². The molecule has 1 unspecified atom stereocenters. The van der Waals surface area contributed by atoms with Crippen molar-refractivity contribution in [3.05, 3.63) is 35.2 Å². The van der Waals surface area contributed by atoms with E-state index in [1.54, 1.807) is 32.1 Å². The van der Waals surface area contributed by atoms with Gasteiger partial charge < -0.3 is 10.5 Å². The van der Waals surface area contributed by atoms with Gasteiger partial charge in [0, 0.05) is 9.58 Å². The lowest BCUT2D eigenvalue weighted by atomic mass is 10.0. The first kappa shape index (κ1) is 20.4. The highest BCUT2D eigenvalue weighted by atomic mass is 32.1. The normalized spacial score (nSPS) is 14.3. The number of rotatable bonds is 4. The Hall–Kier alpha value is -1.92. The fourth-order valence-electron chi connectivity index (χ4n) is 2.53. The average Bonchev–Trinajstić information content (AvgIpc) is 2.96. The van der Waals surface area contributed by atoms with E-state index in [4.69, 9.17) is 10.5 Å². The SMILES string of the molecule is CC(C)[C@H](N)C(=O)N(C(=O)OC(C)(C)C)C(C)c1cc2ccccc2s1. The van der Waals surface area contributed by atoms with Crippen molar-refractivity contribution < 1.29 is 14.3 Å². The van der Waals surface area contributed by atoms with Crippen molar-refractivity contribution in [3.8, 4) is 0 Å². The molecule has 0 saturated heterocycles. The Bertz CT molecular complexity index is 759. The Balaban J connectivity index is 2.40. The fraction of sp³-hybridized carbons (Fsp3) is 0.500. The molecule has 1 aromatic heterocycles. The first-order chi connectivity index (χ1) is 12.0. The van der Waals surface area contributed by atoms with E-state index >= 15 is 0 Å². The highest BCUT2D eigenvalue weighted by Gasteiger charge is 2.36. The van der Waals surface area contributed by atoms with E-state index in [0.717, 1.165) is 15.0 Å². The van der Waals surface area contributed by atoms with Crippen LogP contribution in [0, 0.1) is 5.92 Å². The average molecular weight is 377 g/mol. The monoisotopic (exact) mass is 376 g/mol. The van der Waals surface area contributed by atoms with E-state index in [1.165, 1.54) is 4.90 Å². The third-order valence-electron chi connectivity index (χ3n) is 4.07. The van der Waals surface area contributed by atoms with Gasteiger partial charge in [0.1, 0.15) is 5.60 Å². The molecule has 0 aliphatic rings. The molecule has 0 spiro atoms. The molecule has 2 atom stereocenters. The van der Waals surface area contributed by atoms with Crippen LogP contribution in [0.25, 0.3) is 10.1 Å². The predicted octanol–water partition coefficient (Wildman–Crippen LogP) is 4.71. The lowest BCUT2D eigenvalue weighted by Gasteiger charge is -2.32. The van der Waals surface area contributed by atoms with Gasteiger partial charge in [0.2, 0.25) is 5.91 Å². The molecule has 0 radical (unpaired) electrons. The summed E-state index contributed by atoms with van der Waals surface area (Å²) in [6.45, 7) is 10.9. The number of thiophene rings is 1. The molecular formula is C20H28N2O3S. The Kier molecular flexibility index (Phi) is 6.09. The Labute approximate surface area is 159 Å². The first-order valence-corrected chi connectivity index (χ1v) is 9.63. The van der Waals surface area contributed by atoms with Gasteiger partial charge in [-0.3, -0.25) is 4.79 Å². The summed E-state index contributed by atoms with van der Waals surface area (Å²) in [6, 6.07) is 8.76. The lowest BCUT2D eigenvalue weighted by Crippen LogP contribution is -2.51. The van der Waals surface area contributed by atoms with Gasteiger partial charge in [-0.1, -0.05) is 32.0 Å². The number of nitrogens with zero attached hydrogens (tertiary/aromatic N) is 1. The number of benzene rings is 1. The summed E-state index contributed by atoms with van der Waals surface area (Å²) >= 11 is 1.56. The summed E-state index contributed by atoms with van der Waals surface area (Å²) in [4.78, 5) is 27.8. The number of amides is 2. The molecule has 26 heavy (non-hydrogen) atoms. The zero-order valence-electron chi connectivity index (χ0n) is 16.3. The van der Waals surface area contributed by atoms with Crippen LogP contribution in [0.5, 0.6) is 0 Å². The van der Waals surface area contributed by atoms with Crippen LogP contribution in [0.4, 0.5) is 4.79 Å². The van der Waals surface area contributed by atoms with Crippen molar-refractivity contribution >= 4 is 33.4 Å². The number of carbonyl (C=O) groups excluding carboxylic acids is 2. The molecule has 2 rings (SSSR count). The first-order valence-electron chi connectivity index (χ1n) is 8.81. The summed E-state index contributed by atoms with van der Waals surface area (Å²) < 4.78 is 6.59. The van der Waals surface area contributed by atoms with Crippen LogP contribution in [0.2, 0.25) is 0 Å². The van der Waals surface area contributed by atoms with Crippen LogP contribution in [0.15, 0.2) is 30.3 Å². The standard InChI is InChI=1S/C20H28N2O3S/c1-12(2)17(21)18(23)22(19(24)25-20(4,5)6)13(3)16-11-14-9-7-8-10-15(14)26-16/h7-13,17H,21H2,1-6H3/t13?,17-/m0/s1. The minimum Gasteiger partial charge on any atom is -0.443 e. The molecule has 0 aliphatic heterocycles. The van der Waals surface area contributed by atoms with E-state index in [9.17, 15) is 9.59 Å². The number of carbonyl (C=O) groups is 2. The van der Waals surface area contributed by atoms with Gasteiger partial charge in [0.05, 0.1) is 12.1 Å². The predicted molar refractivity (Wildman–Crippen MR) is 106 cm³/mol. The van der Waals surface area contributed by atoms with Gasteiger partial charge in [-0.15, -0.1) is 11.3 Å². The zero-order valence-corrected chi connectivity index (χ0v) is 17.1. The Morgan fingerprint density at radius 2 is 1.77 bits per heavy atom. The highest BCUT2D eigenvalue weighted by molar-refractivity contribution is 7.19. The largest absolute Gasteiger partial charge is 0.443 e. The van der Waals surface area contributed by atoms with Crippen LogP contribution < -0.4 is 5.73 Å². The summed E-state index contributed by atoms with van der Waals surface area (Å²) in [7, 11) is 0. The molecule has 2 amide bonds. The second-order valence-corrected chi connectivity index (χ2v) is 8.94. The number of hydrogen-bond donors (Lipinski definition) is 1. The summed E-state index contributed by atoms with van der Waals surface area (Å²) in [5, 5.41) is 1.09. The molecule has 0 saturated carbocycles. The van der Waals surface area contributed by atoms with Gasteiger partial charge in [-0.05, 0) is 51.1 Å². The van der Waals surface area contributed by atoms with Gasteiger partial charge in [0.25, 0.3) is 0 Å². The molecule has 5 nitrogen and oxygen atoms in total. The van der Waals surface area contributed by atoms with Crippen LogP contribution in [0.3, 0.4) is 0 Å². The van der Waals surface area contributed by atoms with Gasteiger partial charge >= 0.3 is 6.09 Å². The number of ether oxygens (including phenoxy) is 1. The number of nitrogens with two attached hydrogens (primary N) is 1. The fourth-order valence-corrected chi connectivity index (χ4v) is 3.64. The maximum Gasteiger partial charge on any atom is 0.417 e. The summed E-state index contributed by atoms with van der Waals surface area (Å²) in [5.41, 5.74) is 5.36. The Morgan fingerprint density at radius 3 is 2.31 bits per heavy atom. The van der Waals surface area contributed by atoms with Gasteiger partial charge in [-0.2, -0.15) is 0 Å². The minimum absolute atomic E-state index is 0.0814. The highest BCUT2D eigenvalue weighted by Crippen LogP contribution is 2.33. The smallest absolute Gasteiger partial charge is 0.417 e. The third kappa shape index (κ3) is 4.62. The molecule has 2 aromatic rings. The van der Waals surface area contributed by atoms with E-state index in [2.05, 4.69) is 0 Å². The van der Waals surface area contributed by atoms with Crippen molar-refractivity contribution in [2.24, 2.45) is 11.7 Å². The van der Waals surface area contributed by atoms with Crippen molar-refractivity contribution in [2.75, 3.05) is 0 Å². The van der Waals surface area contributed by atoms with Crippen LogP contribution >= 0.6 is 11.3 Å². The van der Waals surface area contributed by atoms with Crippen molar-refractivity contribution in [3.63, 3.8) is 0 Å². The summed E-state index contributed by atoms with van der Waals surface area (Å²) in [6.07, 6.45) is -0.663. The number of imide groups is 1. The quantitative estimate of drug-likeness (QED) is 0.839. The lowest BCUT2D eigenvalue weighted by molar-refractivity contribution is -0.134. The molecular weight excluding hydrogens is 348 g/mol. The number of hydrogen-bond acceptors (Lipinski definition) is 5. The number of fused-ring (bicyclic) bond motifs is 1. The maximum absolute atomic E-state index is 12.9. The molecule has 0 fully saturated rings. The Morgan fingerprint density at radius 1 is 1.15 bits per heavy atom. The van der Waals surface area contributed by atoms with Crippen molar-refractivity contribution in [2.45, 2.75) is 59.2 Å². The van der Waals surface area contributed by atoms with Gasteiger partial charge in [-0.25, -0.2) is 9.69 Å². The van der Waals surface area contributed by atoms with Crippen LogP contribution in [-0.2, 0) is 9.53 Å². The molecule has 2 N–H and O–H groups in total. The minimum atomic E-state index is -0.764. The van der Waals surface area contributed by atoms with E-state index in [0.29, 0.717) is 0 Å². The summed E-state index contributed by atoms with van der Waals surface area (Å²) in [5.74, 6) is -0.499. The van der Waals surface area contributed by atoms with Gasteiger partial charge in [0.15, 0.2) is 0 Å². The molecule has 6 heteroatoms. The van der Waals surface area contributed by atoms with Crippen LogP contribution in [0.1, 0.15) is 52.5 Å². The molecule has 0 bridgehead atoms. The molecule has 142 valence electrons. The van der Waals surface area contributed by atoms with Crippen LogP contribution in [-0.4, -0.2) is 28.5 Å². The van der Waals surface area contributed by atoms with Crippen molar-refractivity contribution in [1.82, 2.24) is 4.90 Å². The third-order valence-corrected chi connectivity index (χ3v) is 5.36. The van der Waals surface area contributed by atoms with E-state index < -0.39 is 29.7 Å². The molecule has 0 aliphatic carbocycles. The van der Waals surface area contributed by atoms with E-state index in [-0.39, 0.29) is 5.92 Å². The maximum atomic E-state index is 12.9.